The van der Waals surface area contributed by atoms with Crippen molar-refractivity contribution in [1.82, 2.24) is 10.3 Å². The number of rotatable bonds is 6. The largest absolute Gasteiger partial charge is 0.476 e. The molecule has 0 radical (unpaired) electrons. The number of aromatic nitrogens is 1. The first-order valence-electron chi connectivity index (χ1n) is 5.80. The third kappa shape index (κ3) is 3.43. The number of anilines is 1. The van der Waals surface area contributed by atoms with Crippen LogP contribution in [0.25, 0.3) is 0 Å². The van der Waals surface area contributed by atoms with Crippen LogP contribution in [0.4, 0.5) is 5.13 Å². The minimum Gasteiger partial charge on any atom is -0.476 e. The average molecular weight is 269 g/mol. The lowest BCUT2D eigenvalue weighted by molar-refractivity contribution is -0.120. The summed E-state index contributed by atoms with van der Waals surface area (Å²) >= 11 is 1.29. The zero-order chi connectivity index (χ0) is 13.1. The quantitative estimate of drug-likeness (QED) is 0.722. The van der Waals surface area contributed by atoms with Gasteiger partial charge in [0.2, 0.25) is 5.91 Å². The fourth-order valence-electron chi connectivity index (χ4n) is 1.48. The smallest absolute Gasteiger partial charge is 0.355 e. The molecule has 0 saturated heterocycles. The van der Waals surface area contributed by atoms with Crippen molar-refractivity contribution in [1.29, 1.82) is 0 Å². The van der Waals surface area contributed by atoms with Crippen LogP contribution in [-0.2, 0) is 4.79 Å². The van der Waals surface area contributed by atoms with Gasteiger partial charge in [0.05, 0.1) is 0 Å². The van der Waals surface area contributed by atoms with Gasteiger partial charge in [0.1, 0.15) is 0 Å². The van der Waals surface area contributed by atoms with E-state index >= 15 is 0 Å². The van der Waals surface area contributed by atoms with Crippen molar-refractivity contribution < 1.29 is 14.7 Å². The van der Waals surface area contributed by atoms with Crippen LogP contribution < -0.4 is 10.6 Å². The van der Waals surface area contributed by atoms with Crippen LogP contribution in [0.15, 0.2) is 0 Å². The maximum absolute atomic E-state index is 11.4. The maximum Gasteiger partial charge on any atom is 0.355 e. The van der Waals surface area contributed by atoms with Crippen LogP contribution in [0, 0.1) is 6.92 Å². The van der Waals surface area contributed by atoms with Crippen molar-refractivity contribution in [2.24, 2.45) is 0 Å². The first kappa shape index (κ1) is 12.8. The molecule has 0 bridgehead atoms. The van der Waals surface area contributed by atoms with E-state index < -0.39 is 5.97 Å². The summed E-state index contributed by atoms with van der Waals surface area (Å²) in [6, 6.07) is 0.373. The SMILES string of the molecule is Cc1sc(NCCC(=O)NC2CC2)nc1C(=O)O. The van der Waals surface area contributed by atoms with Gasteiger partial charge in [0.15, 0.2) is 10.8 Å². The Kier molecular flexibility index (Phi) is 3.81. The van der Waals surface area contributed by atoms with Crippen LogP contribution >= 0.6 is 11.3 Å². The molecule has 1 fully saturated rings. The average Bonchev–Trinajstić information content (AvgIpc) is 3.00. The molecule has 98 valence electrons. The van der Waals surface area contributed by atoms with Crippen molar-refractivity contribution in [3.8, 4) is 0 Å². The number of carbonyl (C=O) groups excluding carboxylic acids is 1. The summed E-state index contributed by atoms with van der Waals surface area (Å²) in [5, 5.41) is 15.2. The Hall–Kier alpha value is -1.63. The van der Waals surface area contributed by atoms with Gasteiger partial charge in [-0.2, -0.15) is 0 Å². The van der Waals surface area contributed by atoms with Gasteiger partial charge in [-0.05, 0) is 19.8 Å². The zero-order valence-corrected chi connectivity index (χ0v) is 10.8. The number of aromatic carboxylic acids is 1. The topological polar surface area (TPSA) is 91.3 Å². The molecule has 0 aromatic carbocycles. The van der Waals surface area contributed by atoms with Gasteiger partial charge in [0, 0.05) is 23.9 Å². The van der Waals surface area contributed by atoms with Crippen molar-refractivity contribution in [3.63, 3.8) is 0 Å². The van der Waals surface area contributed by atoms with E-state index in [9.17, 15) is 9.59 Å². The van der Waals surface area contributed by atoms with Crippen molar-refractivity contribution in [3.05, 3.63) is 10.6 Å². The summed E-state index contributed by atoms with van der Waals surface area (Å²) in [4.78, 5) is 26.8. The third-order valence-corrected chi connectivity index (χ3v) is 3.50. The van der Waals surface area contributed by atoms with E-state index in [4.69, 9.17) is 5.11 Å². The van der Waals surface area contributed by atoms with Crippen molar-refractivity contribution in [2.75, 3.05) is 11.9 Å². The highest BCUT2D eigenvalue weighted by Crippen LogP contribution is 2.22. The zero-order valence-electron chi connectivity index (χ0n) is 10.0. The number of hydrogen-bond donors (Lipinski definition) is 3. The van der Waals surface area contributed by atoms with Crippen LogP contribution in [0.3, 0.4) is 0 Å². The van der Waals surface area contributed by atoms with Crippen LogP contribution in [0.1, 0.15) is 34.6 Å². The number of nitrogens with zero attached hydrogens (tertiary/aromatic N) is 1. The first-order valence-corrected chi connectivity index (χ1v) is 6.62. The van der Waals surface area contributed by atoms with Crippen LogP contribution in [-0.4, -0.2) is 34.6 Å². The number of thiazole rings is 1. The summed E-state index contributed by atoms with van der Waals surface area (Å²) in [7, 11) is 0. The second-order valence-electron chi connectivity index (χ2n) is 4.25. The lowest BCUT2D eigenvalue weighted by atomic mass is 10.4. The van der Waals surface area contributed by atoms with E-state index in [0.29, 0.717) is 29.0 Å². The standard InChI is InChI=1S/C11H15N3O3S/c1-6-9(10(16)17)14-11(18-6)12-5-4-8(15)13-7-2-3-7/h7H,2-5H2,1H3,(H,12,14)(H,13,15)(H,16,17). The molecule has 1 aliphatic carbocycles. The second kappa shape index (κ2) is 5.34. The molecule has 18 heavy (non-hydrogen) atoms. The Morgan fingerprint density at radius 2 is 2.22 bits per heavy atom. The number of amides is 1. The van der Waals surface area contributed by atoms with E-state index in [1.54, 1.807) is 6.92 Å². The molecule has 1 amide bonds. The summed E-state index contributed by atoms with van der Waals surface area (Å²) in [6.45, 7) is 2.18. The molecule has 7 heteroatoms. The van der Waals surface area contributed by atoms with Gasteiger partial charge in [-0.25, -0.2) is 9.78 Å². The molecule has 1 aliphatic rings. The highest BCUT2D eigenvalue weighted by molar-refractivity contribution is 7.15. The van der Waals surface area contributed by atoms with E-state index in [1.807, 2.05) is 0 Å². The molecular formula is C11H15N3O3S. The molecule has 2 rings (SSSR count). The Labute approximate surface area is 108 Å². The molecule has 1 heterocycles. The Bertz CT molecular complexity index is 468. The van der Waals surface area contributed by atoms with Crippen molar-refractivity contribution >= 4 is 28.3 Å². The molecule has 1 aromatic heterocycles. The fraction of sp³-hybridized carbons (Fsp3) is 0.545. The van der Waals surface area contributed by atoms with Gasteiger partial charge in [-0.3, -0.25) is 4.79 Å². The molecule has 0 spiro atoms. The molecule has 0 aliphatic heterocycles. The monoisotopic (exact) mass is 269 g/mol. The second-order valence-corrected chi connectivity index (χ2v) is 5.45. The molecule has 3 N–H and O–H groups in total. The number of carboxylic acids is 1. The highest BCUT2D eigenvalue weighted by atomic mass is 32.1. The normalized spacial score (nSPS) is 14.3. The van der Waals surface area contributed by atoms with E-state index in [-0.39, 0.29) is 11.6 Å². The first-order chi connectivity index (χ1) is 8.56. The molecule has 0 unspecified atom stereocenters. The maximum atomic E-state index is 11.4. The molecular weight excluding hydrogens is 254 g/mol. The van der Waals surface area contributed by atoms with Crippen LogP contribution in [0.5, 0.6) is 0 Å². The lowest BCUT2D eigenvalue weighted by Crippen LogP contribution is -2.27. The minimum atomic E-state index is -1.02. The molecule has 0 atom stereocenters. The number of aryl methyl sites for hydroxylation is 1. The van der Waals surface area contributed by atoms with E-state index in [0.717, 1.165) is 12.8 Å². The summed E-state index contributed by atoms with van der Waals surface area (Å²) in [5.74, 6) is -1.000. The Balaban J connectivity index is 1.77. The number of nitrogens with one attached hydrogen (secondary N) is 2. The van der Waals surface area contributed by atoms with E-state index in [2.05, 4.69) is 15.6 Å². The lowest BCUT2D eigenvalue weighted by Gasteiger charge is -2.03. The number of hydrogen-bond acceptors (Lipinski definition) is 5. The molecule has 1 aromatic rings. The number of carbonyl (C=O) groups is 2. The summed E-state index contributed by atoms with van der Waals surface area (Å²) in [5.41, 5.74) is 0.0740. The Morgan fingerprint density at radius 1 is 1.50 bits per heavy atom. The van der Waals surface area contributed by atoms with Gasteiger partial charge in [-0.1, -0.05) is 0 Å². The van der Waals surface area contributed by atoms with Crippen molar-refractivity contribution in [2.45, 2.75) is 32.2 Å². The van der Waals surface area contributed by atoms with Crippen LogP contribution in [0.2, 0.25) is 0 Å². The molecule has 6 nitrogen and oxygen atoms in total. The molecule has 1 saturated carbocycles. The fourth-order valence-corrected chi connectivity index (χ4v) is 2.31. The predicted octanol–water partition coefficient (Wildman–Crippen LogP) is 1.23. The van der Waals surface area contributed by atoms with E-state index in [1.165, 1.54) is 11.3 Å². The predicted molar refractivity (Wildman–Crippen MR) is 68.1 cm³/mol. The summed E-state index contributed by atoms with van der Waals surface area (Å²) < 4.78 is 0. The van der Waals surface area contributed by atoms with Gasteiger partial charge in [-0.15, -0.1) is 11.3 Å². The minimum absolute atomic E-state index is 0.0248. The van der Waals surface area contributed by atoms with Gasteiger partial charge >= 0.3 is 5.97 Å². The third-order valence-electron chi connectivity index (χ3n) is 2.57. The number of carboxylic acid groups (broad SMARTS) is 1. The highest BCUT2D eigenvalue weighted by Gasteiger charge is 2.22. The van der Waals surface area contributed by atoms with Gasteiger partial charge < -0.3 is 15.7 Å². The Morgan fingerprint density at radius 3 is 2.78 bits per heavy atom. The summed E-state index contributed by atoms with van der Waals surface area (Å²) in [6.07, 6.45) is 2.52. The van der Waals surface area contributed by atoms with Gasteiger partial charge in [0.25, 0.3) is 0 Å².